The predicted molar refractivity (Wildman–Crippen MR) is 49.5 cm³/mol. The fourth-order valence-electron chi connectivity index (χ4n) is 0.982. The smallest absolute Gasteiger partial charge is 0.337 e. The van der Waals surface area contributed by atoms with Crippen molar-refractivity contribution in [2.45, 2.75) is 6.61 Å². The molecule has 0 aromatic heterocycles. The van der Waals surface area contributed by atoms with Crippen LogP contribution in [0.4, 0.5) is 0 Å². The van der Waals surface area contributed by atoms with E-state index in [9.17, 15) is 14.6 Å². The molecule has 5 nitrogen and oxygen atoms in total. The van der Waals surface area contributed by atoms with Gasteiger partial charge in [0.2, 0.25) is 0 Å². The van der Waals surface area contributed by atoms with Gasteiger partial charge in [-0.1, -0.05) is 12.1 Å². The summed E-state index contributed by atoms with van der Waals surface area (Å²) in [4.78, 5) is 31.3. The van der Waals surface area contributed by atoms with Crippen molar-refractivity contribution in [1.82, 2.24) is 0 Å². The zero-order valence-corrected chi connectivity index (χ0v) is 8.90. The lowest BCUT2D eigenvalue weighted by Crippen LogP contribution is -2.10. The van der Waals surface area contributed by atoms with Gasteiger partial charge >= 0.3 is 5.97 Å². The number of carbonyl (C=O) groups excluding carboxylic acids is 1. The van der Waals surface area contributed by atoms with Gasteiger partial charge in [0.15, 0.2) is 0 Å². The monoisotopic (exact) mass is 228 g/mol. The average molecular weight is 228 g/mol. The number of hydrogen-bond donors (Lipinski definition) is 0. The van der Waals surface area contributed by atoms with Crippen LogP contribution in [0.15, 0.2) is 24.3 Å². The standard InChI is InChI=1S/C9H9O5P/c1-13-9(10)8-4-2-7(3-5-8)6-14-15(11)12/h2-5H,6H2,1H3/q-2. The van der Waals surface area contributed by atoms with Gasteiger partial charge in [-0.25, -0.2) is 4.79 Å². The van der Waals surface area contributed by atoms with Gasteiger partial charge in [-0.05, 0) is 17.7 Å². The summed E-state index contributed by atoms with van der Waals surface area (Å²) in [6.07, 6.45) is 0. The minimum absolute atomic E-state index is 0.0276. The first-order valence-corrected chi connectivity index (χ1v) is 5.17. The van der Waals surface area contributed by atoms with Crippen LogP contribution in [0.2, 0.25) is 0 Å². The molecule has 0 saturated heterocycles. The van der Waals surface area contributed by atoms with E-state index in [0.717, 1.165) is 0 Å². The van der Waals surface area contributed by atoms with Crippen LogP contribution in [0, 0.1) is 0 Å². The van der Waals surface area contributed by atoms with Crippen LogP contribution in [0.25, 0.3) is 0 Å². The van der Waals surface area contributed by atoms with E-state index >= 15 is 0 Å². The quantitative estimate of drug-likeness (QED) is 0.532. The Morgan fingerprint density at radius 1 is 1.33 bits per heavy atom. The maximum atomic E-state index is 11.0. The normalized spacial score (nSPS) is 10.4. The molecule has 0 aliphatic heterocycles. The molecule has 0 atom stereocenters. The zero-order valence-electron chi connectivity index (χ0n) is 8.00. The van der Waals surface area contributed by atoms with E-state index in [1.807, 2.05) is 0 Å². The average Bonchev–Trinajstić information content (AvgIpc) is 2.26. The minimum atomic E-state index is -2.84. The molecule has 0 aliphatic rings. The maximum Gasteiger partial charge on any atom is 0.337 e. The fraction of sp³-hybridized carbons (Fsp3) is 0.222. The largest absolute Gasteiger partial charge is 0.820 e. The number of hydrogen-bond acceptors (Lipinski definition) is 5. The second kappa shape index (κ2) is 5.78. The van der Waals surface area contributed by atoms with Crippen molar-refractivity contribution in [1.29, 1.82) is 0 Å². The molecule has 0 fully saturated rings. The van der Waals surface area contributed by atoms with E-state index in [0.29, 0.717) is 11.1 Å². The molecule has 0 heterocycles. The van der Waals surface area contributed by atoms with Crippen molar-refractivity contribution < 1.29 is 23.8 Å². The second-order valence-electron chi connectivity index (χ2n) is 2.69. The molecule has 6 heteroatoms. The van der Waals surface area contributed by atoms with Gasteiger partial charge in [0.1, 0.15) is 0 Å². The Bertz CT molecular complexity index is 322. The highest BCUT2D eigenvalue weighted by Crippen LogP contribution is 2.17. The summed E-state index contributed by atoms with van der Waals surface area (Å²) in [6.45, 7) is -0.0276. The van der Waals surface area contributed by atoms with Gasteiger partial charge in [-0.15, -0.1) is 0 Å². The third-order valence-corrected chi connectivity index (χ3v) is 2.05. The first-order chi connectivity index (χ1) is 7.13. The molecule has 0 amide bonds. The van der Waals surface area contributed by atoms with Crippen molar-refractivity contribution in [3.8, 4) is 0 Å². The molecule has 1 aromatic rings. The molecular formula is C9H9O5P-2. The van der Waals surface area contributed by atoms with Crippen molar-refractivity contribution in [3.63, 3.8) is 0 Å². The second-order valence-corrected chi connectivity index (χ2v) is 3.39. The number of ether oxygens (including phenoxy) is 1. The van der Waals surface area contributed by atoms with Crippen LogP contribution in [0.1, 0.15) is 15.9 Å². The summed E-state index contributed by atoms with van der Waals surface area (Å²) < 4.78 is 8.90. The lowest BCUT2D eigenvalue weighted by atomic mass is 10.1. The van der Waals surface area contributed by atoms with Crippen molar-refractivity contribution >= 4 is 14.6 Å². The first-order valence-electron chi connectivity index (χ1n) is 4.08. The van der Waals surface area contributed by atoms with Gasteiger partial charge in [0.05, 0.1) is 19.3 Å². The molecule has 0 spiro atoms. The zero-order chi connectivity index (χ0) is 11.3. The minimum Gasteiger partial charge on any atom is -0.820 e. The summed E-state index contributed by atoms with van der Waals surface area (Å²) in [6, 6.07) is 6.29. The van der Waals surface area contributed by atoms with Crippen LogP contribution in [-0.4, -0.2) is 13.1 Å². The third-order valence-electron chi connectivity index (χ3n) is 1.71. The van der Waals surface area contributed by atoms with E-state index < -0.39 is 14.6 Å². The van der Waals surface area contributed by atoms with Gasteiger partial charge in [-0.2, -0.15) is 8.60 Å². The topological polar surface area (TPSA) is 81.7 Å². The maximum absolute atomic E-state index is 11.0. The third kappa shape index (κ3) is 3.93. The van der Waals surface area contributed by atoms with Crippen molar-refractivity contribution in [2.75, 3.05) is 7.11 Å². The fourth-order valence-corrected chi connectivity index (χ4v) is 1.24. The molecule has 1 aromatic carbocycles. The van der Waals surface area contributed by atoms with Gasteiger partial charge < -0.3 is 19.0 Å². The highest BCUT2D eigenvalue weighted by molar-refractivity contribution is 7.36. The molecular weight excluding hydrogens is 219 g/mol. The van der Waals surface area contributed by atoms with Crippen LogP contribution in [-0.2, 0) is 15.9 Å². The summed E-state index contributed by atoms with van der Waals surface area (Å²) in [5, 5.41) is 0. The lowest BCUT2D eigenvalue weighted by molar-refractivity contribution is -0.319. The van der Waals surface area contributed by atoms with Crippen LogP contribution in [0.3, 0.4) is 0 Å². The molecule has 0 N–H and O–H groups in total. The number of carbonyl (C=O) groups is 1. The molecule has 15 heavy (non-hydrogen) atoms. The Hall–Kier alpha value is -1.00. The summed E-state index contributed by atoms with van der Waals surface area (Å²) in [7, 11) is -1.55. The Morgan fingerprint density at radius 2 is 1.93 bits per heavy atom. The summed E-state index contributed by atoms with van der Waals surface area (Å²) in [5.74, 6) is -0.433. The molecule has 0 unspecified atom stereocenters. The van der Waals surface area contributed by atoms with E-state index in [1.54, 1.807) is 24.3 Å². The Morgan fingerprint density at radius 3 is 2.40 bits per heavy atom. The molecule has 1 rings (SSSR count). The first kappa shape index (κ1) is 12.1. The van der Waals surface area contributed by atoms with Crippen molar-refractivity contribution in [3.05, 3.63) is 35.4 Å². The SMILES string of the molecule is COC(=O)c1ccc(COP([O-])[O-])cc1. The summed E-state index contributed by atoms with van der Waals surface area (Å²) >= 11 is 0. The van der Waals surface area contributed by atoms with Gasteiger partial charge in [-0.3, -0.25) is 0 Å². The van der Waals surface area contributed by atoms with Crippen molar-refractivity contribution in [2.24, 2.45) is 0 Å². The Kier molecular flexibility index (Phi) is 4.65. The van der Waals surface area contributed by atoms with E-state index in [4.69, 9.17) is 0 Å². The van der Waals surface area contributed by atoms with Gasteiger partial charge in [0.25, 0.3) is 0 Å². The van der Waals surface area contributed by atoms with Crippen LogP contribution in [0.5, 0.6) is 0 Å². The number of methoxy groups -OCH3 is 1. The number of benzene rings is 1. The number of esters is 1. The van der Waals surface area contributed by atoms with E-state index in [2.05, 4.69) is 9.26 Å². The van der Waals surface area contributed by atoms with Crippen LogP contribution < -0.4 is 9.79 Å². The lowest BCUT2D eigenvalue weighted by Gasteiger charge is -2.29. The van der Waals surface area contributed by atoms with Crippen LogP contribution >= 0.6 is 8.60 Å². The Labute approximate surface area is 88.3 Å². The summed E-state index contributed by atoms with van der Waals surface area (Å²) in [5.41, 5.74) is 1.08. The molecule has 82 valence electrons. The van der Waals surface area contributed by atoms with E-state index in [-0.39, 0.29) is 6.61 Å². The molecule has 0 saturated carbocycles. The number of rotatable bonds is 4. The highest BCUT2D eigenvalue weighted by atomic mass is 31.2. The predicted octanol–water partition coefficient (Wildman–Crippen LogP) is -0.0627. The Balaban J connectivity index is 2.60. The highest BCUT2D eigenvalue weighted by Gasteiger charge is 2.03. The molecule has 0 aliphatic carbocycles. The molecule has 0 radical (unpaired) electrons. The molecule has 0 bridgehead atoms. The van der Waals surface area contributed by atoms with E-state index in [1.165, 1.54) is 7.11 Å². The van der Waals surface area contributed by atoms with Gasteiger partial charge in [0, 0.05) is 0 Å².